The van der Waals surface area contributed by atoms with Gasteiger partial charge in [-0.3, -0.25) is 4.79 Å². The summed E-state index contributed by atoms with van der Waals surface area (Å²) in [4.78, 5) is 15.3. The summed E-state index contributed by atoms with van der Waals surface area (Å²) in [5, 5.41) is 2.92. The van der Waals surface area contributed by atoms with Crippen molar-refractivity contribution < 1.29 is 17.9 Å². The Morgan fingerprint density at radius 2 is 2.10 bits per heavy atom. The lowest BCUT2D eigenvalue weighted by Crippen LogP contribution is -2.22. The van der Waals surface area contributed by atoms with E-state index < -0.39 is 10.0 Å². The first-order valence-corrected chi connectivity index (χ1v) is 7.60. The lowest BCUT2D eigenvalue weighted by molar-refractivity contribution is -0.142. The van der Waals surface area contributed by atoms with Crippen LogP contribution in [0.2, 0.25) is 0 Å². The van der Waals surface area contributed by atoms with Crippen LogP contribution in [0.3, 0.4) is 0 Å². The summed E-state index contributed by atoms with van der Waals surface area (Å²) in [7, 11) is -0.548. The summed E-state index contributed by atoms with van der Waals surface area (Å²) >= 11 is 0. The topological polar surface area (TPSA) is 88.6 Å². The molecule has 112 valence electrons. The van der Waals surface area contributed by atoms with Gasteiger partial charge in [0.25, 0.3) is 0 Å². The van der Waals surface area contributed by atoms with E-state index in [2.05, 4.69) is 10.3 Å². The third kappa shape index (κ3) is 4.46. The maximum atomic E-state index is 11.8. The lowest BCUT2D eigenvalue weighted by atomic mass is 10.4. The minimum absolute atomic E-state index is 0.124. The van der Waals surface area contributed by atoms with Gasteiger partial charge in [-0.15, -0.1) is 0 Å². The van der Waals surface area contributed by atoms with Gasteiger partial charge in [-0.2, -0.15) is 0 Å². The van der Waals surface area contributed by atoms with E-state index in [0.717, 1.165) is 4.31 Å². The van der Waals surface area contributed by atoms with E-state index in [1.807, 2.05) is 0 Å². The predicted octanol–water partition coefficient (Wildman–Crippen LogP) is 0.697. The van der Waals surface area contributed by atoms with Crippen molar-refractivity contribution in [1.82, 2.24) is 9.29 Å². The highest BCUT2D eigenvalue weighted by atomic mass is 32.2. The monoisotopic (exact) mass is 301 g/mol. The van der Waals surface area contributed by atoms with Crippen LogP contribution in [0.1, 0.15) is 13.3 Å². The molecule has 20 heavy (non-hydrogen) atoms. The highest BCUT2D eigenvalue weighted by molar-refractivity contribution is 7.89. The minimum atomic E-state index is -3.47. The summed E-state index contributed by atoms with van der Waals surface area (Å²) in [6.07, 6.45) is 1.51. The van der Waals surface area contributed by atoms with Crippen molar-refractivity contribution >= 4 is 21.8 Å². The molecule has 7 nitrogen and oxygen atoms in total. The van der Waals surface area contributed by atoms with Gasteiger partial charge in [0.05, 0.1) is 13.0 Å². The van der Waals surface area contributed by atoms with Gasteiger partial charge in [0.15, 0.2) is 0 Å². The Balaban J connectivity index is 2.58. The molecule has 1 rings (SSSR count). The smallest absolute Gasteiger partial charge is 0.307 e. The number of esters is 1. The summed E-state index contributed by atoms with van der Waals surface area (Å²) in [5.74, 6) is 0.221. The Morgan fingerprint density at radius 1 is 1.40 bits per heavy atom. The van der Waals surface area contributed by atoms with E-state index >= 15 is 0 Å². The van der Waals surface area contributed by atoms with Crippen LogP contribution in [0, 0.1) is 0 Å². The first kappa shape index (κ1) is 16.4. The minimum Gasteiger partial charge on any atom is -0.466 e. The van der Waals surface area contributed by atoms with Crippen LogP contribution in [-0.2, 0) is 19.6 Å². The molecule has 0 saturated heterocycles. The molecule has 0 fully saturated rings. The Morgan fingerprint density at radius 3 is 2.60 bits per heavy atom. The SMILES string of the molecule is CCOC(=O)CCNc1ccc(S(=O)(=O)N(C)C)cn1. The number of hydrogen-bond donors (Lipinski definition) is 1. The number of nitrogens with one attached hydrogen (secondary N) is 1. The summed E-state index contributed by atoms with van der Waals surface area (Å²) < 4.78 is 29.6. The van der Waals surface area contributed by atoms with E-state index in [0.29, 0.717) is 19.0 Å². The molecule has 0 aliphatic rings. The number of rotatable bonds is 7. The number of carbonyl (C=O) groups excluding carboxylic acids is 1. The lowest BCUT2D eigenvalue weighted by Gasteiger charge is -2.11. The molecule has 0 unspecified atom stereocenters. The molecule has 1 N–H and O–H groups in total. The molecule has 0 aliphatic carbocycles. The zero-order valence-electron chi connectivity index (χ0n) is 11.8. The number of aromatic nitrogens is 1. The van der Waals surface area contributed by atoms with Gasteiger partial charge in [0, 0.05) is 26.8 Å². The number of carbonyl (C=O) groups is 1. The number of nitrogens with zero attached hydrogens (tertiary/aromatic N) is 2. The maximum Gasteiger partial charge on any atom is 0.307 e. The molecule has 8 heteroatoms. The first-order chi connectivity index (χ1) is 9.37. The molecule has 0 bridgehead atoms. The van der Waals surface area contributed by atoms with Gasteiger partial charge >= 0.3 is 5.97 Å². The number of ether oxygens (including phenoxy) is 1. The molecule has 1 heterocycles. The van der Waals surface area contributed by atoms with Crippen molar-refractivity contribution in [2.45, 2.75) is 18.2 Å². The molecule has 0 radical (unpaired) electrons. The summed E-state index contributed by atoms with van der Waals surface area (Å²) in [5.41, 5.74) is 0. The van der Waals surface area contributed by atoms with E-state index in [-0.39, 0.29) is 17.3 Å². The van der Waals surface area contributed by atoms with E-state index in [1.54, 1.807) is 13.0 Å². The van der Waals surface area contributed by atoms with Gasteiger partial charge in [-0.25, -0.2) is 17.7 Å². The zero-order chi connectivity index (χ0) is 15.2. The second kappa shape index (κ2) is 7.20. The number of pyridine rings is 1. The number of sulfonamides is 1. The second-order valence-corrected chi connectivity index (χ2v) is 6.30. The number of hydrogen-bond acceptors (Lipinski definition) is 6. The van der Waals surface area contributed by atoms with Crippen molar-refractivity contribution in [3.05, 3.63) is 18.3 Å². The van der Waals surface area contributed by atoms with Crippen molar-refractivity contribution in [3.8, 4) is 0 Å². The normalized spacial score (nSPS) is 11.4. The summed E-state index contributed by atoms with van der Waals surface area (Å²) in [6, 6.07) is 3.02. The zero-order valence-corrected chi connectivity index (χ0v) is 12.6. The van der Waals surface area contributed by atoms with Gasteiger partial charge in [-0.1, -0.05) is 0 Å². The fourth-order valence-electron chi connectivity index (χ4n) is 1.37. The first-order valence-electron chi connectivity index (χ1n) is 6.16. The molecule has 0 saturated carbocycles. The van der Waals surface area contributed by atoms with E-state index in [9.17, 15) is 13.2 Å². The molecule has 0 spiro atoms. The molecule has 0 atom stereocenters. The largest absolute Gasteiger partial charge is 0.466 e. The molecule has 0 aliphatic heterocycles. The second-order valence-electron chi connectivity index (χ2n) is 4.15. The fourth-order valence-corrected chi connectivity index (χ4v) is 2.22. The van der Waals surface area contributed by atoms with Crippen LogP contribution >= 0.6 is 0 Å². The van der Waals surface area contributed by atoms with Crippen LogP contribution in [0.4, 0.5) is 5.82 Å². The van der Waals surface area contributed by atoms with Crippen molar-refractivity contribution in [1.29, 1.82) is 0 Å². The van der Waals surface area contributed by atoms with Crippen molar-refractivity contribution in [2.75, 3.05) is 32.6 Å². The van der Waals surface area contributed by atoms with Gasteiger partial charge in [-0.05, 0) is 19.1 Å². The number of anilines is 1. The fraction of sp³-hybridized carbons (Fsp3) is 0.500. The Kier molecular flexibility index (Phi) is 5.90. The molecular formula is C12H19N3O4S. The predicted molar refractivity (Wildman–Crippen MR) is 74.8 cm³/mol. The average Bonchev–Trinajstić information content (AvgIpc) is 2.39. The average molecular weight is 301 g/mol. The third-order valence-electron chi connectivity index (χ3n) is 2.46. The van der Waals surface area contributed by atoms with E-state index in [4.69, 9.17) is 4.74 Å². The Hall–Kier alpha value is -1.67. The quantitative estimate of drug-likeness (QED) is 0.746. The summed E-state index contributed by atoms with van der Waals surface area (Å²) in [6.45, 7) is 2.48. The van der Waals surface area contributed by atoms with Crippen molar-refractivity contribution in [3.63, 3.8) is 0 Å². The molecule has 0 amide bonds. The van der Waals surface area contributed by atoms with Gasteiger partial charge in [0.2, 0.25) is 10.0 Å². The van der Waals surface area contributed by atoms with Crippen LogP contribution in [0.25, 0.3) is 0 Å². The Labute approximate surface area is 119 Å². The highest BCUT2D eigenvalue weighted by Crippen LogP contribution is 2.13. The highest BCUT2D eigenvalue weighted by Gasteiger charge is 2.17. The standard InChI is InChI=1S/C12H19N3O4S/c1-4-19-12(16)7-8-13-11-6-5-10(9-14-11)20(17,18)15(2)3/h5-6,9H,4,7-8H2,1-3H3,(H,13,14). The molecular weight excluding hydrogens is 282 g/mol. The molecule has 0 aromatic carbocycles. The van der Waals surface area contributed by atoms with Gasteiger partial charge < -0.3 is 10.1 Å². The van der Waals surface area contributed by atoms with Crippen molar-refractivity contribution in [2.24, 2.45) is 0 Å². The maximum absolute atomic E-state index is 11.8. The van der Waals surface area contributed by atoms with Crippen LogP contribution in [0.15, 0.2) is 23.2 Å². The Bertz CT molecular complexity index is 540. The van der Waals surface area contributed by atoms with Gasteiger partial charge in [0.1, 0.15) is 10.7 Å². The molecule has 1 aromatic rings. The third-order valence-corrected chi connectivity index (χ3v) is 4.25. The van der Waals surface area contributed by atoms with Crippen LogP contribution in [-0.4, -0.2) is 50.9 Å². The van der Waals surface area contributed by atoms with Crippen LogP contribution < -0.4 is 5.32 Å². The molecule has 1 aromatic heterocycles. The van der Waals surface area contributed by atoms with E-state index in [1.165, 1.54) is 26.4 Å². The van der Waals surface area contributed by atoms with Crippen LogP contribution in [0.5, 0.6) is 0 Å².